The average molecular weight is 583 g/mol. The normalized spacial score (nSPS) is 11.1. The smallest absolute Gasteiger partial charge is 0.339 e. The minimum atomic E-state index is -1.25. The van der Waals surface area contributed by atoms with Crippen LogP contribution in [0.4, 0.5) is 0 Å². The van der Waals surface area contributed by atoms with Crippen molar-refractivity contribution in [3.05, 3.63) is 82.1 Å². The molecule has 2 heterocycles. The molecule has 0 unspecified atom stereocenters. The van der Waals surface area contributed by atoms with Crippen LogP contribution in [0.15, 0.2) is 60.9 Å². The molecule has 0 bridgehead atoms. The van der Waals surface area contributed by atoms with Gasteiger partial charge >= 0.3 is 5.97 Å². The van der Waals surface area contributed by atoms with Gasteiger partial charge in [-0.15, -0.1) is 0 Å². The number of aromatic nitrogens is 2. The molecular formula is C30H28Cl2N2O6. The molecule has 0 saturated carbocycles. The number of phenols is 1. The van der Waals surface area contributed by atoms with Crippen LogP contribution in [0.25, 0.3) is 22.3 Å². The van der Waals surface area contributed by atoms with Gasteiger partial charge in [0, 0.05) is 23.5 Å². The second-order valence-electron chi connectivity index (χ2n) is 9.55. The van der Waals surface area contributed by atoms with Gasteiger partial charge in [-0.05, 0) is 92.9 Å². The van der Waals surface area contributed by atoms with E-state index in [1.165, 1.54) is 18.2 Å². The third-order valence-corrected chi connectivity index (χ3v) is 6.11. The predicted octanol–water partition coefficient (Wildman–Crippen LogP) is 7.67. The van der Waals surface area contributed by atoms with Crippen molar-refractivity contribution >= 4 is 29.2 Å². The van der Waals surface area contributed by atoms with Crippen molar-refractivity contribution in [2.75, 3.05) is 0 Å². The minimum Gasteiger partial charge on any atom is -0.507 e. The Morgan fingerprint density at radius 3 is 1.77 bits per heavy atom. The SMILES string of the molecule is CC(C)Oc1ncc(-c2cc(COc3ccc(O)c(C(=O)O)c3)cc(-c3cnc(OC(C)C)c(Cl)c3)c2)cc1Cl. The molecule has 0 aliphatic heterocycles. The van der Waals surface area contributed by atoms with Crippen molar-refractivity contribution < 1.29 is 29.2 Å². The Hall–Kier alpha value is -4.01. The molecule has 0 aliphatic rings. The molecule has 0 fully saturated rings. The van der Waals surface area contributed by atoms with Crippen LogP contribution in [0.3, 0.4) is 0 Å². The highest BCUT2D eigenvalue weighted by atomic mass is 35.5. The number of carboxylic acid groups (broad SMARTS) is 1. The van der Waals surface area contributed by atoms with Gasteiger partial charge in [0.25, 0.3) is 0 Å². The summed E-state index contributed by atoms with van der Waals surface area (Å²) in [6, 6.07) is 13.4. The van der Waals surface area contributed by atoms with Gasteiger partial charge in [0.15, 0.2) is 0 Å². The van der Waals surface area contributed by atoms with Gasteiger partial charge in [0.1, 0.15) is 33.7 Å². The Morgan fingerprint density at radius 2 is 1.32 bits per heavy atom. The lowest BCUT2D eigenvalue weighted by molar-refractivity contribution is 0.0693. The summed E-state index contributed by atoms with van der Waals surface area (Å²) >= 11 is 12.9. The molecule has 0 aliphatic carbocycles. The second kappa shape index (κ2) is 12.4. The van der Waals surface area contributed by atoms with Crippen molar-refractivity contribution in [1.82, 2.24) is 9.97 Å². The number of halogens is 2. The first-order chi connectivity index (χ1) is 19.0. The van der Waals surface area contributed by atoms with Crippen molar-refractivity contribution in [3.63, 3.8) is 0 Å². The average Bonchev–Trinajstić information content (AvgIpc) is 2.89. The van der Waals surface area contributed by atoms with Crippen LogP contribution in [0.2, 0.25) is 10.0 Å². The first-order valence-corrected chi connectivity index (χ1v) is 13.2. The lowest BCUT2D eigenvalue weighted by Crippen LogP contribution is -2.07. The number of carbonyl (C=O) groups is 1. The van der Waals surface area contributed by atoms with Gasteiger partial charge in [-0.25, -0.2) is 14.8 Å². The van der Waals surface area contributed by atoms with E-state index in [0.29, 0.717) is 27.6 Å². The third-order valence-electron chi connectivity index (χ3n) is 5.57. The summed E-state index contributed by atoms with van der Waals surface area (Å²) in [7, 11) is 0. The standard InChI is InChI=1S/C30H28Cl2N2O6/c1-16(2)39-28-25(31)10-21(13-33-28)19-7-18(15-38-23-5-6-27(35)24(12-23)30(36)37)8-20(9-19)22-11-26(32)29(34-14-22)40-17(3)4/h5-14,16-17,35H,15H2,1-4H3,(H,36,37). The third kappa shape index (κ3) is 7.14. The van der Waals surface area contributed by atoms with E-state index in [9.17, 15) is 15.0 Å². The number of carboxylic acids is 1. The quantitative estimate of drug-likeness (QED) is 0.196. The van der Waals surface area contributed by atoms with Gasteiger partial charge in [0.2, 0.25) is 11.8 Å². The van der Waals surface area contributed by atoms with E-state index in [2.05, 4.69) is 9.97 Å². The van der Waals surface area contributed by atoms with Crippen LogP contribution >= 0.6 is 23.2 Å². The number of benzene rings is 2. The molecule has 4 rings (SSSR count). The molecule has 208 valence electrons. The molecule has 40 heavy (non-hydrogen) atoms. The maximum absolute atomic E-state index is 11.4. The first-order valence-electron chi connectivity index (χ1n) is 12.5. The minimum absolute atomic E-state index is 0.0793. The maximum Gasteiger partial charge on any atom is 0.339 e. The Kier molecular flexibility index (Phi) is 9.02. The zero-order valence-electron chi connectivity index (χ0n) is 22.3. The lowest BCUT2D eigenvalue weighted by atomic mass is 9.97. The molecule has 0 atom stereocenters. The molecule has 0 radical (unpaired) electrons. The van der Waals surface area contributed by atoms with Gasteiger partial charge < -0.3 is 24.4 Å². The molecule has 0 saturated heterocycles. The lowest BCUT2D eigenvalue weighted by Gasteiger charge is -2.15. The Labute approximate surface area is 242 Å². The molecule has 0 amide bonds. The van der Waals surface area contributed by atoms with E-state index in [1.54, 1.807) is 24.5 Å². The Balaban J connectivity index is 1.73. The van der Waals surface area contributed by atoms with E-state index >= 15 is 0 Å². The van der Waals surface area contributed by atoms with Crippen LogP contribution in [0.1, 0.15) is 43.6 Å². The fraction of sp³-hybridized carbons (Fsp3) is 0.233. The second-order valence-corrected chi connectivity index (χ2v) is 10.4. The fourth-order valence-electron chi connectivity index (χ4n) is 3.84. The van der Waals surface area contributed by atoms with E-state index in [4.69, 9.17) is 37.4 Å². The number of nitrogens with zero attached hydrogens (tertiary/aromatic N) is 2. The summed E-state index contributed by atoms with van der Waals surface area (Å²) in [5, 5.41) is 19.9. The number of ether oxygens (including phenoxy) is 3. The fourth-order valence-corrected chi connectivity index (χ4v) is 4.26. The molecule has 0 spiro atoms. The number of pyridine rings is 2. The molecule has 4 aromatic rings. The van der Waals surface area contributed by atoms with Crippen LogP contribution in [-0.2, 0) is 6.61 Å². The van der Waals surface area contributed by atoms with E-state index in [0.717, 1.165) is 27.8 Å². The van der Waals surface area contributed by atoms with E-state index in [1.807, 2.05) is 45.9 Å². The van der Waals surface area contributed by atoms with Crippen molar-refractivity contribution in [2.24, 2.45) is 0 Å². The summed E-state index contributed by atoms with van der Waals surface area (Å²) in [5.74, 6) is -0.609. The van der Waals surface area contributed by atoms with E-state index < -0.39 is 5.97 Å². The van der Waals surface area contributed by atoms with Crippen LogP contribution in [-0.4, -0.2) is 38.4 Å². The predicted molar refractivity (Wildman–Crippen MR) is 154 cm³/mol. The topological polar surface area (TPSA) is 111 Å². The summed E-state index contributed by atoms with van der Waals surface area (Å²) < 4.78 is 17.2. The zero-order chi connectivity index (χ0) is 29.0. The van der Waals surface area contributed by atoms with E-state index in [-0.39, 0.29) is 30.1 Å². The number of aromatic hydroxyl groups is 1. The molecule has 2 aromatic heterocycles. The van der Waals surface area contributed by atoms with Crippen LogP contribution in [0.5, 0.6) is 23.3 Å². The Morgan fingerprint density at radius 1 is 0.800 bits per heavy atom. The van der Waals surface area contributed by atoms with Crippen molar-refractivity contribution in [3.8, 4) is 45.5 Å². The van der Waals surface area contributed by atoms with Gasteiger partial charge in [0.05, 0.1) is 12.2 Å². The first kappa shape index (κ1) is 29.0. The summed E-state index contributed by atoms with van der Waals surface area (Å²) in [6.07, 6.45) is 3.20. The van der Waals surface area contributed by atoms with Gasteiger partial charge in [-0.3, -0.25) is 0 Å². The summed E-state index contributed by atoms with van der Waals surface area (Å²) in [6.45, 7) is 7.69. The van der Waals surface area contributed by atoms with Crippen molar-refractivity contribution in [1.29, 1.82) is 0 Å². The maximum atomic E-state index is 11.4. The largest absolute Gasteiger partial charge is 0.507 e. The number of hydrogen-bond donors (Lipinski definition) is 2. The van der Waals surface area contributed by atoms with Gasteiger partial charge in [-0.1, -0.05) is 23.2 Å². The van der Waals surface area contributed by atoms with Crippen LogP contribution < -0.4 is 14.2 Å². The number of aromatic carboxylic acids is 1. The Bertz CT molecular complexity index is 1460. The highest BCUT2D eigenvalue weighted by Crippen LogP contribution is 2.35. The van der Waals surface area contributed by atoms with Gasteiger partial charge in [-0.2, -0.15) is 0 Å². The monoisotopic (exact) mass is 582 g/mol. The highest BCUT2D eigenvalue weighted by molar-refractivity contribution is 6.32. The molecular weight excluding hydrogens is 555 g/mol. The van der Waals surface area contributed by atoms with Crippen LogP contribution in [0, 0.1) is 0 Å². The summed E-state index contributed by atoms with van der Waals surface area (Å²) in [5.41, 5.74) is 3.63. The molecule has 8 nitrogen and oxygen atoms in total. The number of rotatable bonds is 10. The zero-order valence-corrected chi connectivity index (χ0v) is 23.8. The van der Waals surface area contributed by atoms with Crippen molar-refractivity contribution in [2.45, 2.75) is 46.5 Å². The molecule has 2 aromatic carbocycles. The highest BCUT2D eigenvalue weighted by Gasteiger charge is 2.15. The molecule has 10 heteroatoms. The summed E-state index contributed by atoms with van der Waals surface area (Å²) in [4.78, 5) is 20.2. The molecule has 2 N–H and O–H groups in total. The number of hydrogen-bond acceptors (Lipinski definition) is 7.